The zero-order valence-corrected chi connectivity index (χ0v) is 15.9. The normalized spacial score (nSPS) is 14.9. The molecule has 0 aliphatic carbocycles. The average Bonchev–Trinajstić information content (AvgIpc) is 2.97. The minimum absolute atomic E-state index is 0.00833. The van der Waals surface area contributed by atoms with Crippen molar-refractivity contribution in [3.05, 3.63) is 77.5 Å². The van der Waals surface area contributed by atoms with Gasteiger partial charge in [0, 0.05) is 23.0 Å². The lowest BCUT2D eigenvalue weighted by Gasteiger charge is -2.12. The maximum absolute atomic E-state index is 13.3. The van der Waals surface area contributed by atoms with Crippen LogP contribution in [0.25, 0.3) is 11.3 Å². The Morgan fingerprint density at radius 3 is 2.40 bits per heavy atom. The Morgan fingerprint density at radius 1 is 1.00 bits per heavy atom. The molecule has 0 spiro atoms. The van der Waals surface area contributed by atoms with Crippen molar-refractivity contribution in [1.29, 1.82) is 0 Å². The number of pyridine rings is 1. The summed E-state index contributed by atoms with van der Waals surface area (Å²) < 4.78 is 81.2. The third kappa shape index (κ3) is 3.65. The van der Waals surface area contributed by atoms with Crippen molar-refractivity contribution in [1.82, 2.24) is 4.98 Å². The summed E-state index contributed by atoms with van der Waals surface area (Å²) in [4.78, 5) is 3.57. The number of aromatic nitrogens is 1. The molecule has 0 unspecified atom stereocenters. The van der Waals surface area contributed by atoms with Gasteiger partial charge in [-0.2, -0.15) is 21.6 Å². The van der Waals surface area contributed by atoms with Crippen molar-refractivity contribution in [3.63, 3.8) is 0 Å². The number of nitrogens with one attached hydrogen (secondary N) is 1. The summed E-state index contributed by atoms with van der Waals surface area (Å²) in [6.45, 7) is -0.630. The molecule has 0 radical (unpaired) electrons. The van der Waals surface area contributed by atoms with E-state index in [0.717, 1.165) is 18.2 Å². The van der Waals surface area contributed by atoms with Crippen LogP contribution in [0.4, 0.5) is 23.2 Å². The molecular formula is C20H13F4N3O2S. The fourth-order valence-corrected chi connectivity index (χ4v) is 4.27. The highest BCUT2D eigenvalue weighted by molar-refractivity contribution is 7.90. The van der Waals surface area contributed by atoms with Crippen molar-refractivity contribution in [3.8, 4) is 11.3 Å². The first kappa shape index (κ1) is 20.0. The summed E-state index contributed by atoms with van der Waals surface area (Å²) in [7, 11) is -4.11. The summed E-state index contributed by atoms with van der Waals surface area (Å²) in [5.41, 5.74) is -0.157. The lowest BCUT2D eigenvalue weighted by atomic mass is 10.0. The van der Waals surface area contributed by atoms with Crippen LogP contribution in [0, 0.1) is 0 Å². The number of nitrogens with zero attached hydrogens (tertiary/aromatic N) is 2. The van der Waals surface area contributed by atoms with Gasteiger partial charge in [0.2, 0.25) is 0 Å². The number of anilines is 1. The summed E-state index contributed by atoms with van der Waals surface area (Å²) in [6.07, 6.45) is -3.44. The first-order valence-corrected chi connectivity index (χ1v) is 10.1. The van der Waals surface area contributed by atoms with Crippen LogP contribution < -0.4 is 5.32 Å². The summed E-state index contributed by atoms with van der Waals surface area (Å²) in [5, 5.41) is 2.85. The molecule has 154 valence electrons. The molecule has 0 bridgehead atoms. The van der Waals surface area contributed by atoms with Crippen LogP contribution >= 0.6 is 0 Å². The van der Waals surface area contributed by atoms with Crippen LogP contribution in [-0.4, -0.2) is 19.2 Å². The van der Waals surface area contributed by atoms with Crippen LogP contribution in [0.1, 0.15) is 16.7 Å². The predicted molar refractivity (Wildman–Crippen MR) is 103 cm³/mol. The van der Waals surface area contributed by atoms with Gasteiger partial charge >= 0.3 is 6.18 Å². The van der Waals surface area contributed by atoms with Gasteiger partial charge in [-0.1, -0.05) is 18.2 Å². The van der Waals surface area contributed by atoms with Crippen molar-refractivity contribution in [2.75, 3.05) is 5.32 Å². The topological polar surface area (TPSA) is 71.4 Å². The number of sulfonamides is 1. The van der Waals surface area contributed by atoms with Gasteiger partial charge in [0.25, 0.3) is 10.0 Å². The Kier molecular flexibility index (Phi) is 4.81. The van der Waals surface area contributed by atoms with Gasteiger partial charge < -0.3 is 5.32 Å². The van der Waals surface area contributed by atoms with E-state index in [1.54, 1.807) is 12.1 Å². The fourth-order valence-electron chi connectivity index (χ4n) is 3.07. The van der Waals surface area contributed by atoms with E-state index >= 15 is 0 Å². The third-order valence-corrected chi connectivity index (χ3v) is 5.80. The first-order valence-electron chi connectivity index (χ1n) is 8.63. The van der Waals surface area contributed by atoms with E-state index < -0.39 is 28.4 Å². The average molecular weight is 435 g/mol. The number of halogens is 4. The predicted octanol–water partition coefficient (Wildman–Crippen LogP) is 4.80. The zero-order valence-electron chi connectivity index (χ0n) is 15.1. The lowest BCUT2D eigenvalue weighted by Crippen LogP contribution is -2.11. The molecule has 0 saturated heterocycles. The number of benzene rings is 2. The Hall–Kier alpha value is -3.27. The van der Waals surface area contributed by atoms with Crippen molar-refractivity contribution in [2.45, 2.75) is 17.7 Å². The number of alkyl halides is 4. The molecular weight excluding hydrogens is 422 g/mol. The second-order valence-electron chi connectivity index (χ2n) is 6.48. The summed E-state index contributed by atoms with van der Waals surface area (Å²) >= 11 is 0. The van der Waals surface area contributed by atoms with Crippen LogP contribution in [0.3, 0.4) is 0 Å². The van der Waals surface area contributed by atoms with Gasteiger partial charge in [-0.3, -0.25) is 4.98 Å². The number of hydrogen-bond donors (Lipinski definition) is 1. The SMILES string of the molecule is O=S1(=O)N=C(Nc2ccc(CF)cc2)c2ccc(-c3ncccc3C(F)(F)F)cc21. The van der Waals surface area contributed by atoms with Crippen molar-refractivity contribution >= 4 is 21.5 Å². The van der Waals surface area contributed by atoms with E-state index in [0.29, 0.717) is 11.3 Å². The van der Waals surface area contributed by atoms with Gasteiger partial charge in [-0.05, 0) is 42.0 Å². The Bertz CT molecular complexity index is 1250. The highest BCUT2D eigenvalue weighted by Gasteiger charge is 2.35. The highest BCUT2D eigenvalue weighted by atomic mass is 32.2. The molecule has 0 fully saturated rings. The molecule has 4 rings (SSSR count). The molecule has 1 aromatic heterocycles. The molecule has 0 saturated carbocycles. The monoisotopic (exact) mass is 435 g/mol. The molecule has 3 aromatic rings. The standard InChI is InChI=1S/C20H13F4N3O2S/c21-11-12-3-6-14(7-4-12)26-19-15-8-5-13(10-17(15)30(28,29)27-19)18-16(20(22,23)24)2-1-9-25-18/h1-10H,11H2,(H,26,27). The van der Waals surface area contributed by atoms with E-state index in [1.807, 2.05) is 0 Å². The van der Waals surface area contributed by atoms with E-state index in [4.69, 9.17) is 0 Å². The minimum Gasteiger partial charge on any atom is -0.339 e. The van der Waals surface area contributed by atoms with Crippen LogP contribution in [0.2, 0.25) is 0 Å². The van der Waals surface area contributed by atoms with Gasteiger partial charge in [-0.25, -0.2) is 4.39 Å². The maximum Gasteiger partial charge on any atom is 0.418 e. The van der Waals surface area contributed by atoms with Crippen LogP contribution in [0.5, 0.6) is 0 Å². The molecule has 1 aliphatic rings. The molecule has 1 aliphatic heterocycles. The number of fused-ring (bicyclic) bond motifs is 1. The fraction of sp³-hybridized carbons (Fsp3) is 0.100. The van der Waals surface area contributed by atoms with E-state index in [-0.39, 0.29) is 27.6 Å². The van der Waals surface area contributed by atoms with Gasteiger partial charge in [-0.15, -0.1) is 4.40 Å². The molecule has 2 aromatic carbocycles. The Morgan fingerprint density at radius 2 is 1.73 bits per heavy atom. The number of rotatable bonds is 3. The molecule has 0 atom stereocenters. The minimum atomic E-state index is -4.64. The van der Waals surface area contributed by atoms with E-state index in [2.05, 4.69) is 14.7 Å². The molecule has 30 heavy (non-hydrogen) atoms. The second kappa shape index (κ2) is 7.21. The first-order chi connectivity index (χ1) is 14.2. The smallest absolute Gasteiger partial charge is 0.339 e. The second-order valence-corrected chi connectivity index (χ2v) is 8.05. The molecule has 0 amide bonds. The van der Waals surface area contributed by atoms with E-state index in [1.165, 1.54) is 30.5 Å². The lowest BCUT2D eigenvalue weighted by molar-refractivity contribution is -0.137. The summed E-state index contributed by atoms with van der Waals surface area (Å²) in [6, 6.07) is 12.1. The van der Waals surface area contributed by atoms with Gasteiger partial charge in [0.05, 0.1) is 11.3 Å². The van der Waals surface area contributed by atoms with Crippen molar-refractivity contribution < 1.29 is 26.0 Å². The van der Waals surface area contributed by atoms with E-state index in [9.17, 15) is 26.0 Å². The Balaban J connectivity index is 1.74. The third-order valence-electron chi connectivity index (χ3n) is 4.48. The molecule has 10 heteroatoms. The number of amidine groups is 1. The summed E-state index contributed by atoms with van der Waals surface area (Å²) in [5.74, 6) is 0.0293. The Labute approximate surface area is 169 Å². The molecule has 2 heterocycles. The van der Waals surface area contributed by atoms with Crippen LogP contribution in [0.15, 0.2) is 70.1 Å². The van der Waals surface area contributed by atoms with Crippen molar-refractivity contribution in [2.24, 2.45) is 4.40 Å². The highest BCUT2D eigenvalue weighted by Crippen LogP contribution is 2.38. The molecule has 1 N–H and O–H groups in total. The zero-order chi connectivity index (χ0) is 21.5. The molecule has 5 nitrogen and oxygen atoms in total. The largest absolute Gasteiger partial charge is 0.418 e. The van der Waals surface area contributed by atoms with Gasteiger partial charge in [0.15, 0.2) is 5.84 Å². The van der Waals surface area contributed by atoms with Crippen LogP contribution in [-0.2, 0) is 22.9 Å². The van der Waals surface area contributed by atoms with Gasteiger partial charge in [0.1, 0.15) is 11.6 Å². The maximum atomic E-state index is 13.3. The number of hydrogen-bond acceptors (Lipinski definition) is 4. The quantitative estimate of drug-likeness (QED) is 0.600.